The molecule has 7 heteroatoms. The van der Waals surface area contributed by atoms with E-state index in [1.165, 1.54) is 6.07 Å². The molecule has 1 aromatic carbocycles. The molecule has 0 saturated heterocycles. The molecule has 0 aliphatic rings. The van der Waals surface area contributed by atoms with E-state index in [9.17, 15) is 10.1 Å². The number of hydrogen-bond donors (Lipinski definition) is 0. The van der Waals surface area contributed by atoms with Crippen LogP contribution in [0.15, 0.2) is 18.3 Å². The largest absolute Gasteiger partial charge is 0.438 e. The van der Waals surface area contributed by atoms with Gasteiger partial charge in [-0.05, 0) is 44.0 Å². The maximum absolute atomic E-state index is 10.9. The minimum Gasteiger partial charge on any atom is -0.438 e. The van der Waals surface area contributed by atoms with Gasteiger partial charge in [-0.3, -0.25) is 10.1 Å². The highest BCUT2D eigenvalue weighted by Gasteiger charge is 2.15. The fourth-order valence-electron chi connectivity index (χ4n) is 1.69. The first kappa shape index (κ1) is 14.2. The van der Waals surface area contributed by atoms with E-state index in [2.05, 4.69) is 9.97 Å². The van der Waals surface area contributed by atoms with Gasteiger partial charge in [0.15, 0.2) is 0 Å². The fraction of sp³-hybridized carbons (Fsp3) is 0.231. The average molecular weight is 294 g/mol. The van der Waals surface area contributed by atoms with Crippen LogP contribution in [0.2, 0.25) is 5.28 Å². The average Bonchev–Trinajstić information content (AvgIpc) is 2.37. The molecule has 20 heavy (non-hydrogen) atoms. The van der Waals surface area contributed by atoms with Crippen molar-refractivity contribution in [1.82, 2.24) is 9.97 Å². The van der Waals surface area contributed by atoms with Crippen LogP contribution in [0.25, 0.3) is 0 Å². The second-order valence-corrected chi connectivity index (χ2v) is 4.73. The molecule has 1 aromatic heterocycles. The number of hydrogen-bond acceptors (Lipinski definition) is 5. The number of nitrogens with zero attached hydrogens (tertiary/aromatic N) is 3. The van der Waals surface area contributed by atoms with Crippen molar-refractivity contribution in [3.05, 3.63) is 50.4 Å². The van der Waals surface area contributed by atoms with E-state index in [0.29, 0.717) is 22.8 Å². The Morgan fingerprint density at radius 2 is 1.90 bits per heavy atom. The molecule has 0 atom stereocenters. The minimum atomic E-state index is -0.418. The third-order valence-electron chi connectivity index (χ3n) is 2.79. The van der Waals surface area contributed by atoms with Crippen molar-refractivity contribution >= 4 is 17.3 Å². The van der Waals surface area contributed by atoms with Crippen LogP contribution in [-0.4, -0.2) is 14.9 Å². The molecule has 0 amide bonds. The van der Waals surface area contributed by atoms with Crippen LogP contribution in [0.3, 0.4) is 0 Å². The Morgan fingerprint density at radius 1 is 1.20 bits per heavy atom. The molecule has 0 fully saturated rings. The maximum Gasteiger partial charge on any atom is 0.272 e. The van der Waals surface area contributed by atoms with Crippen LogP contribution < -0.4 is 4.74 Å². The second-order valence-electron chi connectivity index (χ2n) is 4.39. The van der Waals surface area contributed by atoms with Gasteiger partial charge in [0.2, 0.25) is 11.2 Å². The molecule has 2 rings (SSSR count). The first-order valence-electron chi connectivity index (χ1n) is 5.81. The molecule has 1 heterocycles. The Labute approximate surface area is 120 Å². The van der Waals surface area contributed by atoms with Gasteiger partial charge < -0.3 is 4.74 Å². The third kappa shape index (κ3) is 2.85. The second kappa shape index (κ2) is 5.42. The summed E-state index contributed by atoms with van der Waals surface area (Å²) in [5.41, 5.74) is 1.96. The predicted octanol–water partition coefficient (Wildman–Crippen LogP) is 3.76. The van der Waals surface area contributed by atoms with Gasteiger partial charge in [-0.2, -0.15) is 4.98 Å². The fourth-order valence-corrected chi connectivity index (χ4v) is 1.82. The van der Waals surface area contributed by atoms with Gasteiger partial charge in [-0.1, -0.05) is 0 Å². The molecule has 0 N–H and O–H groups in total. The van der Waals surface area contributed by atoms with Crippen molar-refractivity contribution < 1.29 is 9.66 Å². The molecule has 0 aliphatic heterocycles. The van der Waals surface area contributed by atoms with Crippen molar-refractivity contribution in [2.45, 2.75) is 20.8 Å². The van der Waals surface area contributed by atoms with E-state index < -0.39 is 4.92 Å². The molecule has 0 saturated carbocycles. The van der Waals surface area contributed by atoms with E-state index in [4.69, 9.17) is 16.3 Å². The lowest BCUT2D eigenvalue weighted by molar-refractivity contribution is -0.385. The standard InChI is InChI=1S/C13H12ClN3O3/c1-7-5-11(8(2)4-10(7)17(18)19)20-12-9(3)6-15-13(14)16-12/h4-6H,1-3H3. The van der Waals surface area contributed by atoms with Gasteiger partial charge in [0.25, 0.3) is 5.69 Å². The van der Waals surface area contributed by atoms with Gasteiger partial charge in [-0.25, -0.2) is 4.98 Å². The Balaban J connectivity index is 2.42. The summed E-state index contributed by atoms with van der Waals surface area (Å²) in [5, 5.41) is 11.0. The van der Waals surface area contributed by atoms with Crippen LogP contribution in [0.4, 0.5) is 5.69 Å². The van der Waals surface area contributed by atoms with Crippen LogP contribution in [0.1, 0.15) is 16.7 Å². The summed E-state index contributed by atoms with van der Waals surface area (Å²) < 4.78 is 5.68. The number of nitro benzene ring substituents is 1. The van der Waals surface area contributed by atoms with Crippen molar-refractivity contribution in [2.75, 3.05) is 0 Å². The summed E-state index contributed by atoms with van der Waals surface area (Å²) in [6.07, 6.45) is 1.55. The van der Waals surface area contributed by atoms with E-state index in [0.717, 1.165) is 5.56 Å². The van der Waals surface area contributed by atoms with Crippen LogP contribution in [0, 0.1) is 30.9 Å². The Hall–Kier alpha value is -2.21. The van der Waals surface area contributed by atoms with E-state index in [1.54, 1.807) is 33.0 Å². The van der Waals surface area contributed by atoms with Crippen LogP contribution >= 0.6 is 11.6 Å². The maximum atomic E-state index is 10.9. The molecule has 2 aromatic rings. The number of rotatable bonds is 3. The highest BCUT2D eigenvalue weighted by Crippen LogP contribution is 2.31. The number of ether oxygens (including phenoxy) is 1. The first-order valence-corrected chi connectivity index (χ1v) is 6.19. The van der Waals surface area contributed by atoms with Crippen molar-refractivity contribution in [3.63, 3.8) is 0 Å². The number of nitro groups is 1. The molecule has 0 unspecified atom stereocenters. The monoisotopic (exact) mass is 293 g/mol. The van der Waals surface area contributed by atoms with Crippen LogP contribution in [-0.2, 0) is 0 Å². The summed E-state index contributed by atoms with van der Waals surface area (Å²) in [5.74, 6) is 0.840. The number of halogens is 1. The van der Waals surface area contributed by atoms with E-state index in [-0.39, 0.29) is 11.0 Å². The first-order chi connectivity index (χ1) is 9.38. The number of benzene rings is 1. The SMILES string of the molecule is Cc1cc([N+](=O)[O-])c(C)cc1Oc1nc(Cl)ncc1C. The van der Waals surface area contributed by atoms with Crippen LogP contribution in [0.5, 0.6) is 11.6 Å². The highest BCUT2D eigenvalue weighted by molar-refractivity contribution is 6.28. The molecule has 0 spiro atoms. The Bertz CT molecular complexity index is 689. The summed E-state index contributed by atoms with van der Waals surface area (Å²) in [4.78, 5) is 18.3. The Kier molecular flexibility index (Phi) is 3.85. The molecular formula is C13H12ClN3O3. The van der Waals surface area contributed by atoms with Gasteiger partial charge in [0, 0.05) is 23.4 Å². The summed E-state index contributed by atoms with van der Waals surface area (Å²) in [7, 11) is 0. The molecule has 0 bridgehead atoms. The topological polar surface area (TPSA) is 78.2 Å². The zero-order valence-electron chi connectivity index (χ0n) is 11.2. The van der Waals surface area contributed by atoms with Gasteiger partial charge in [0.05, 0.1) is 4.92 Å². The minimum absolute atomic E-state index is 0.0623. The number of aryl methyl sites for hydroxylation is 3. The number of aromatic nitrogens is 2. The Morgan fingerprint density at radius 3 is 2.55 bits per heavy atom. The zero-order valence-corrected chi connectivity index (χ0v) is 11.9. The van der Waals surface area contributed by atoms with Gasteiger partial charge in [0.1, 0.15) is 5.75 Å². The summed E-state index contributed by atoms with van der Waals surface area (Å²) >= 11 is 5.73. The van der Waals surface area contributed by atoms with E-state index in [1.807, 2.05) is 0 Å². The quantitative estimate of drug-likeness (QED) is 0.489. The lowest BCUT2D eigenvalue weighted by atomic mass is 10.1. The lowest BCUT2D eigenvalue weighted by Gasteiger charge is -2.10. The molecule has 0 aliphatic carbocycles. The molecule has 104 valence electrons. The van der Waals surface area contributed by atoms with Crippen molar-refractivity contribution in [1.29, 1.82) is 0 Å². The normalized spacial score (nSPS) is 10.4. The zero-order chi connectivity index (χ0) is 14.9. The summed E-state index contributed by atoms with van der Waals surface area (Å²) in [6.45, 7) is 5.18. The molecule has 0 radical (unpaired) electrons. The molecular weight excluding hydrogens is 282 g/mol. The highest BCUT2D eigenvalue weighted by atomic mass is 35.5. The van der Waals surface area contributed by atoms with E-state index >= 15 is 0 Å². The van der Waals surface area contributed by atoms with Gasteiger partial charge >= 0.3 is 0 Å². The molecule has 6 nitrogen and oxygen atoms in total. The third-order valence-corrected chi connectivity index (χ3v) is 2.97. The smallest absolute Gasteiger partial charge is 0.272 e. The summed E-state index contributed by atoms with van der Waals surface area (Å²) in [6, 6.07) is 3.09. The predicted molar refractivity (Wildman–Crippen MR) is 74.4 cm³/mol. The van der Waals surface area contributed by atoms with Crippen molar-refractivity contribution in [3.8, 4) is 11.6 Å². The van der Waals surface area contributed by atoms with Gasteiger partial charge in [-0.15, -0.1) is 0 Å². The lowest BCUT2D eigenvalue weighted by Crippen LogP contribution is -1.98. The van der Waals surface area contributed by atoms with Crippen molar-refractivity contribution in [2.24, 2.45) is 0 Å².